The molecule has 1 aromatic carbocycles. The van der Waals surface area contributed by atoms with Crippen molar-refractivity contribution in [1.29, 1.82) is 0 Å². The number of aromatic hydroxyl groups is 2. The predicted octanol–water partition coefficient (Wildman–Crippen LogP) is 1.00. The standard InChI is InChI=1S/C12H13NO4/c1-6-8-5-11(15)10(14)4-7(8)3-9(13-6)12(16)17-2/h4-5,9,14-15H,3H2,1-2H3. The molecule has 0 radical (unpaired) electrons. The summed E-state index contributed by atoms with van der Waals surface area (Å²) < 4.78 is 4.65. The number of carbonyl (C=O) groups is 1. The second-order valence-corrected chi connectivity index (χ2v) is 3.96. The number of nitrogens with zero attached hydrogens (tertiary/aromatic N) is 1. The van der Waals surface area contributed by atoms with Gasteiger partial charge in [-0.25, -0.2) is 4.79 Å². The Labute approximate surface area is 98.4 Å². The molecule has 1 atom stereocenters. The Morgan fingerprint density at radius 3 is 2.71 bits per heavy atom. The van der Waals surface area contributed by atoms with Crippen LogP contribution in [0.3, 0.4) is 0 Å². The van der Waals surface area contributed by atoms with E-state index in [9.17, 15) is 15.0 Å². The number of esters is 1. The van der Waals surface area contributed by atoms with Crippen molar-refractivity contribution in [3.63, 3.8) is 0 Å². The summed E-state index contributed by atoms with van der Waals surface area (Å²) in [6.45, 7) is 1.75. The number of hydrogen-bond acceptors (Lipinski definition) is 5. The first kappa shape index (κ1) is 11.4. The number of fused-ring (bicyclic) bond motifs is 1. The molecule has 0 aliphatic carbocycles. The van der Waals surface area contributed by atoms with E-state index in [0.717, 1.165) is 11.1 Å². The first-order valence-electron chi connectivity index (χ1n) is 5.20. The number of phenolic OH excluding ortho intramolecular Hbond substituents is 2. The third-order valence-corrected chi connectivity index (χ3v) is 2.83. The zero-order valence-electron chi connectivity index (χ0n) is 9.60. The van der Waals surface area contributed by atoms with Crippen LogP contribution >= 0.6 is 0 Å². The highest BCUT2D eigenvalue weighted by atomic mass is 16.5. The molecule has 2 N–H and O–H groups in total. The molecular formula is C12H13NO4. The van der Waals surface area contributed by atoms with Gasteiger partial charge in [-0.05, 0) is 24.6 Å². The normalized spacial score (nSPS) is 18.2. The number of ether oxygens (including phenoxy) is 1. The highest BCUT2D eigenvalue weighted by Gasteiger charge is 2.26. The van der Waals surface area contributed by atoms with Gasteiger partial charge in [-0.3, -0.25) is 4.99 Å². The van der Waals surface area contributed by atoms with Crippen molar-refractivity contribution in [1.82, 2.24) is 0 Å². The molecule has 1 aliphatic heterocycles. The molecule has 17 heavy (non-hydrogen) atoms. The summed E-state index contributed by atoms with van der Waals surface area (Å²) in [6.07, 6.45) is 0.368. The van der Waals surface area contributed by atoms with E-state index in [2.05, 4.69) is 9.73 Å². The van der Waals surface area contributed by atoms with Gasteiger partial charge in [-0.15, -0.1) is 0 Å². The summed E-state index contributed by atoms with van der Waals surface area (Å²) in [5.74, 6) is -0.778. The molecular weight excluding hydrogens is 222 g/mol. The van der Waals surface area contributed by atoms with Crippen LogP contribution in [0, 0.1) is 0 Å². The SMILES string of the molecule is COC(=O)C1Cc2cc(O)c(O)cc2C(C)=N1. The second-order valence-electron chi connectivity index (χ2n) is 3.96. The number of rotatable bonds is 1. The Morgan fingerprint density at radius 2 is 2.06 bits per heavy atom. The van der Waals surface area contributed by atoms with E-state index in [-0.39, 0.29) is 11.5 Å². The number of aliphatic imine (C=N–C) groups is 1. The molecule has 0 bridgehead atoms. The summed E-state index contributed by atoms with van der Waals surface area (Å²) in [7, 11) is 1.32. The third-order valence-electron chi connectivity index (χ3n) is 2.83. The third kappa shape index (κ3) is 1.95. The Hall–Kier alpha value is -2.04. The predicted molar refractivity (Wildman–Crippen MR) is 61.5 cm³/mol. The first-order valence-corrected chi connectivity index (χ1v) is 5.20. The molecule has 0 saturated heterocycles. The molecule has 1 unspecified atom stereocenters. The van der Waals surface area contributed by atoms with Crippen LogP contribution in [0.25, 0.3) is 0 Å². The van der Waals surface area contributed by atoms with E-state index < -0.39 is 12.0 Å². The van der Waals surface area contributed by atoms with E-state index in [1.165, 1.54) is 19.2 Å². The topological polar surface area (TPSA) is 79.1 Å². The maximum absolute atomic E-state index is 11.4. The fraction of sp³-hybridized carbons (Fsp3) is 0.333. The molecule has 5 heteroatoms. The monoisotopic (exact) mass is 235 g/mol. The van der Waals surface area contributed by atoms with Crippen LogP contribution < -0.4 is 0 Å². The van der Waals surface area contributed by atoms with Crippen molar-refractivity contribution in [2.75, 3.05) is 7.11 Å². The van der Waals surface area contributed by atoms with Gasteiger partial charge in [0.2, 0.25) is 0 Å². The molecule has 90 valence electrons. The van der Waals surface area contributed by atoms with Crippen LogP contribution in [0.2, 0.25) is 0 Å². The molecule has 1 aromatic rings. The van der Waals surface area contributed by atoms with Crippen molar-refractivity contribution < 1.29 is 19.7 Å². The lowest BCUT2D eigenvalue weighted by Gasteiger charge is -2.20. The van der Waals surface area contributed by atoms with Gasteiger partial charge in [-0.2, -0.15) is 0 Å². The van der Waals surface area contributed by atoms with Crippen LogP contribution in [0.4, 0.5) is 0 Å². The number of methoxy groups -OCH3 is 1. The largest absolute Gasteiger partial charge is 0.504 e. The minimum absolute atomic E-state index is 0.185. The van der Waals surface area contributed by atoms with E-state index in [4.69, 9.17) is 0 Å². The van der Waals surface area contributed by atoms with E-state index in [1.54, 1.807) is 6.92 Å². The fourth-order valence-electron chi connectivity index (χ4n) is 1.96. The average Bonchev–Trinajstić information content (AvgIpc) is 2.30. The van der Waals surface area contributed by atoms with Crippen LogP contribution in [0.1, 0.15) is 18.1 Å². The van der Waals surface area contributed by atoms with Gasteiger partial charge in [0.05, 0.1) is 7.11 Å². The molecule has 0 aromatic heterocycles. The summed E-state index contributed by atoms with van der Waals surface area (Å²) >= 11 is 0. The lowest BCUT2D eigenvalue weighted by atomic mass is 9.93. The van der Waals surface area contributed by atoms with Gasteiger partial charge in [0, 0.05) is 17.7 Å². The van der Waals surface area contributed by atoms with Gasteiger partial charge < -0.3 is 14.9 Å². The summed E-state index contributed by atoms with van der Waals surface area (Å²) in [5, 5.41) is 18.9. The van der Waals surface area contributed by atoms with Gasteiger partial charge >= 0.3 is 5.97 Å². The maximum Gasteiger partial charge on any atom is 0.330 e. The summed E-state index contributed by atoms with van der Waals surface area (Å²) in [5.41, 5.74) is 2.18. The zero-order valence-corrected chi connectivity index (χ0v) is 9.60. The molecule has 2 rings (SSSR count). The van der Waals surface area contributed by atoms with Gasteiger partial charge in [0.25, 0.3) is 0 Å². The van der Waals surface area contributed by atoms with Crippen molar-refractivity contribution in [3.05, 3.63) is 23.3 Å². The molecule has 0 spiro atoms. The summed E-state index contributed by atoms with van der Waals surface area (Å²) in [6, 6.07) is 2.34. The Bertz CT molecular complexity index is 507. The van der Waals surface area contributed by atoms with Crippen LogP contribution in [0.15, 0.2) is 17.1 Å². The number of hydrogen-bond donors (Lipinski definition) is 2. The van der Waals surface area contributed by atoms with Crippen LogP contribution in [-0.2, 0) is 16.0 Å². The molecule has 1 aliphatic rings. The van der Waals surface area contributed by atoms with Crippen LogP contribution in [-0.4, -0.2) is 35.0 Å². The zero-order chi connectivity index (χ0) is 12.6. The maximum atomic E-state index is 11.4. The van der Waals surface area contributed by atoms with E-state index >= 15 is 0 Å². The Morgan fingerprint density at radius 1 is 1.41 bits per heavy atom. The average molecular weight is 235 g/mol. The molecule has 0 saturated carbocycles. The number of benzene rings is 1. The number of phenols is 2. The van der Waals surface area contributed by atoms with Crippen molar-refractivity contribution >= 4 is 11.7 Å². The summed E-state index contributed by atoms with van der Waals surface area (Å²) in [4.78, 5) is 15.6. The van der Waals surface area contributed by atoms with E-state index in [0.29, 0.717) is 12.1 Å². The minimum Gasteiger partial charge on any atom is -0.504 e. The molecule has 0 fully saturated rings. The first-order chi connectivity index (χ1) is 8.02. The number of carbonyl (C=O) groups excluding carboxylic acids is 1. The second kappa shape index (κ2) is 4.08. The Balaban J connectivity index is 2.44. The highest BCUT2D eigenvalue weighted by Crippen LogP contribution is 2.31. The minimum atomic E-state index is -0.573. The lowest BCUT2D eigenvalue weighted by Crippen LogP contribution is -2.28. The molecule has 5 nitrogen and oxygen atoms in total. The molecule has 0 amide bonds. The quantitative estimate of drug-likeness (QED) is 0.562. The lowest BCUT2D eigenvalue weighted by molar-refractivity contribution is -0.142. The van der Waals surface area contributed by atoms with Crippen LogP contribution in [0.5, 0.6) is 11.5 Å². The Kier molecular flexibility index (Phi) is 2.75. The van der Waals surface area contributed by atoms with Crippen molar-refractivity contribution in [2.45, 2.75) is 19.4 Å². The van der Waals surface area contributed by atoms with Crippen molar-refractivity contribution in [3.8, 4) is 11.5 Å². The van der Waals surface area contributed by atoms with E-state index in [1.807, 2.05) is 0 Å². The fourth-order valence-corrected chi connectivity index (χ4v) is 1.96. The highest BCUT2D eigenvalue weighted by molar-refractivity contribution is 6.03. The smallest absolute Gasteiger partial charge is 0.330 e. The van der Waals surface area contributed by atoms with Crippen molar-refractivity contribution in [2.24, 2.45) is 4.99 Å². The van der Waals surface area contributed by atoms with Gasteiger partial charge in [0.15, 0.2) is 17.5 Å². The van der Waals surface area contributed by atoms with Gasteiger partial charge in [0.1, 0.15) is 0 Å². The van der Waals surface area contributed by atoms with Gasteiger partial charge in [-0.1, -0.05) is 0 Å². The molecule has 1 heterocycles.